The van der Waals surface area contributed by atoms with E-state index in [-0.39, 0.29) is 0 Å². The fraction of sp³-hybridized carbons (Fsp3) is 0.231. The molecule has 0 amide bonds. The third-order valence-electron chi connectivity index (χ3n) is 2.61. The molecule has 0 aliphatic heterocycles. The van der Waals surface area contributed by atoms with Gasteiger partial charge in [-0.05, 0) is 35.8 Å². The maximum atomic E-state index is 5.85. The van der Waals surface area contributed by atoms with Gasteiger partial charge in [-0.1, -0.05) is 25.4 Å². The van der Waals surface area contributed by atoms with Crippen molar-refractivity contribution in [1.29, 1.82) is 0 Å². The van der Waals surface area contributed by atoms with Crippen LogP contribution in [-0.2, 0) is 0 Å². The van der Waals surface area contributed by atoms with Crippen LogP contribution in [0.4, 0.5) is 0 Å². The minimum Gasteiger partial charge on any atom is -0.411 e. The van der Waals surface area contributed by atoms with E-state index in [1.54, 1.807) is 12.1 Å². The highest BCUT2D eigenvalue weighted by Gasteiger charge is 2.14. The summed E-state index contributed by atoms with van der Waals surface area (Å²) in [5, 5.41) is 9.17. The molecule has 0 fully saturated rings. The van der Waals surface area contributed by atoms with Crippen molar-refractivity contribution in [1.82, 2.24) is 19.6 Å². The number of benzene rings is 1. The van der Waals surface area contributed by atoms with E-state index in [0.29, 0.717) is 22.1 Å². The molecule has 1 aromatic carbocycles. The molecule has 0 saturated carbocycles. The average molecular weight is 339 g/mol. The van der Waals surface area contributed by atoms with Crippen molar-refractivity contribution in [2.75, 3.05) is 0 Å². The van der Waals surface area contributed by atoms with Crippen molar-refractivity contribution >= 4 is 34.9 Å². The Labute approximate surface area is 134 Å². The molecule has 8 heteroatoms. The van der Waals surface area contributed by atoms with E-state index in [9.17, 15) is 0 Å². The van der Waals surface area contributed by atoms with Gasteiger partial charge in [-0.3, -0.25) is 0 Å². The van der Waals surface area contributed by atoms with Crippen molar-refractivity contribution < 1.29 is 4.42 Å². The van der Waals surface area contributed by atoms with Crippen LogP contribution in [0.15, 0.2) is 38.2 Å². The summed E-state index contributed by atoms with van der Waals surface area (Å²) in [5.41, 5.74) is 0.832. The molecule has 0 spiro atoms. The predicted octanol–water partition coefficient (Wildman–Crippen LogP) is 4.52. The quantitative estimate of drug-likeness (QED) is 0.697. The van der Waals surface area contributed by atoms with E-state index < -0.39 is 0 Å². The highest BCUT2D eigenvalue weighted by molar-refractivity contribution is 8.00. The smallest absolute Gasteiger partial charge is 0.284 e. The molecule has 0 atom stereocenters. The van der Waals surface area contributed by atoms with Crippen molar-refractivity contribution in [2.45, 2.75) is 29.3 Å². The topological polar surface area (TPSA) is 64.7 Å². The lowest BCUT2D eigenvalue weighted by atomic mass is 10.2. The molecule has 0 saturated heterocycles. The molecule has 3 rings (SSSR count). The van der Waals surface area contributed by atoms with Gasteiger partial charge in [0.2, 0.25) is 5.89 Å². The predicted molar refractivity (Wildman–Crippen MR) is 82.9 cm³/mol. The van der Waals surface area contributed by atoms with E-state index >= 15 is 0 Å². The van der Waals surface area contributed by atoms with E-state index in [2.05, 4.69) is 33.4 Å². The molecular formula is C13H11ClN4OS2. The molecule has 21 heavy (non-hydrogen) atoms. The summed E-state index contributed by atoms with van der Waals surface area (Å²) in [5.74, 6) is 1.60. The van der Waals surface area contributed by atoms with Gasteiger partial charge in [-0.2, -0.15) is 4.37 Å². The van der Waals surface area contributed by atoms with Gasteiger partial charge in [0.05, 0.1) is 0 Å². The molecule has 2 heterocycles. The monoisotopic (exact) mass is 338 g/mol. The van der Waals surface area contributed by atoms with Crippen LogP contribution >= 0.6 is 34.9 Å². The van der Waals surface area contributed by atoms with Gasteiger partial charge in [0.25, 0.3) is 5.22 Å². The number of aromatic nitrogens is 4. The Kier molecular flexibility index (Phi) is 4.23. The molecule has 0 unspecified atom stereocenters. The van der Waals surface area contributed by atoms with Crippen LogP contribution in [0.25, 0.3) is 11.5 Å². The van der Waals surface area contributed by atoms with Crippen molar-refractivity contribution in [3.8, 4) is 11.5 Å². The van der Waals surface area contributed by atoms with E-state index in [1.165, 1.54) is 23.3 Å². The summed E-state index contributed by atoms with van der Waals surface area (Å²) in [6.45, 7) is 4.11. The first-order valence-corrected chi connectivity index (χ1v) is 8.19. The Bertz CT molecular complexity index is 739. The van der Waals surface area contributed by atoms with Gasteiger partial charge in [0.15, 0.2) is 4.34 Å². The number of nitrogens with zero attached hydrogens (tertiary/aromatic N) is 4. The van der Waals surface area contributed by atoms with E-state index in [4.69, 9.17) is 16.0 Å². The van der Waals surface area contributed by atoms with E-state index in [1.807, 2.05) is 12.1 Å². The summed E-state index contributed by atoms with van der Waals surface area (Å²) in [4.78, 5) is 4.42. The van der Waals surface area contributed by atoms with E-state index in [0.717, 1.165) is 15.7 Å². The maximum Gasteiger partial charge on any atom is 0.284 e. The first-order chi connectivity index (χ1) is 10.1. The third kappa shape index (κ3) is 3.42. The lowest BCUT2D eigenvalue weighted by molar-refractivity contribution is 0.466. The Balaban J connectivity index is 1.76. The number of hydrogen-bond donors (Lipinski definition) is 0. The second kappa shape index (κ2) is 6.13. The Hall–Kier alpha value is -1.44. The Morgan fingerprint density at radius 2 is 1.95 bits per heavy atom. The molecule has 108 valence electrons. The second-order valence-corrected chi connectivity index (χ2v) is 6.94. The number of rotatable bonds is 4. The molecule has 0 N–H and O–H groups in total. The zero-order chi connectivity index (χ0) is 14.8. The zero-order valence-corrected chi connectivity index (χ0v) is 13.7. The van der Waals surface area contributed by atoms with Crippen molar-refractivity contribution in [3.63, 3.8) is 0 Å². The third-order valence-corrected chi connectivity index (χ3v) is 4.47. The van der Waals surface area contributed by atoms with Gasteiger partial charge in [0.1, 0.15) is 5.82 Å². The van der Waals surface area contributed by atoms with Gasteiger partial charge >= 0.3 is 0 Å². The SMILES string of the molecule is CC(C)c1nsc(Sc2nnc(-c3ccc(Cl)cc3)o2)n1. The fourth-order valence-electron chi connectivity index (χ4n) is 1.53. The van der Waals surface area contributed by atoms with Crippen LogP contribution in [-0.4, -0.2) is 19.6 Å². The highest BCUT2D eigenvalue weighted by atomic mass is 35.5. The summed E-state index contributed by atoms with van der Waals surface area (Å²) < 4.78 is 10.7. The molecule has 0 bridgehead atoms. The van der Waals surface area contributed by atoms with Gasteiger partial charge in [-0.25, -0.2) is 4.98 Å². The lowest BCUT2D eigenvalue weighted by Gasteiger charge is -1.94. The highest BCUT2D eigenvalue weighted by Crippen LogP contribution is 2.31. The largest absolute Gasteiger partial charge is 0.411 e. The van der Waals surface area contributed by atoms with Crippen LogP contribution in [0, 0.1) is 0 Å². The van der Waals surface area contributed by atoms with Crippen molar-refractivity contribution in [3.05, 3.63) is 35.1 Å². The summed E-state index contributed by atoms with van der Waals surface area (Å²) in [6, 6.07) is 7.25. The molecular weight excluding hydrogens is 328 g/mol. The molecule has 5 nitrogen and oxygen atoms in total. The summed E-state index contributed by atoms with van der Waals surface area (Å²) in [7, 11) is 0. The zero-order valence-electron chi connectivity index (χ0n) is 11.3. The van der Waals surface area contributed by atoms with Gasteiger partial charge < -0.3 is 4.42 Å². The average Bonchev–Trinajstić information content (AvgIpc) is 3.10. The Morgan fingerprint density at radius 3 is 2.62 bits per heavy atom. The lowest BCUT2D eigenvalue weighted by Crippen LogP contribution is -1.88. The van der Waals surface area contributed by atoms with Crippen LogP contribution in [0.2, 0.25) is 5.02 Å². The second-order valence-electron chi connectivity index (χ2n) is 4.56. The minimum absolute atomic E-state index is 0.308. The molecule has 2 aromatic heterocycles. The van der Waals surface area contributed by atoms with Gasteiger partial charge in [0, 0.05) is 28.3 Å². The summed E-state index contributed by atoms with van der Waals surface area (Å²) >= 11 is 8.51. The van der Waals surface area contributed by atoms with Gasteiger partial charge in [-0.15, -0.1) is 10.2 Å². The molecule has 0 radical (unpaired) electrons. The number of hydrogen-bond acceptors (Lipinski definition) is 7. The first kappa shape index (κ1) is 14.5. The van der Waals surface area contributed by atoms with Crippen LogP contribution in [0.1, 0.15) is 25.6 Å². The fourth-order valence-corrected chi connectivity index (χ4v) is 3.18. The standard InChI is InChI=1S/C13H11ClN4OS2/c1-7(2)10-15-13(21-18-10)20-12-17-16-11(19-12)8-3-5-9(14)6-4-8/h3-7H,1-2H3. The van der Waals surface area contributed by atoms with Crippen LogP contribution in [0.5, 0.6) is 0 Å². The minimum atomic E-state index is 0.308. The molecule has 3 aromatic rings. The molecule has 0 aliphatic carbocycles. The molecule has 0 aliphatic rings. The summed E-state index contributed by atoms with van der Waals surface area (Å²) in [6.07, 6.45) is 0. The van der Waals surface area contributed by atoms with Crippen molar-refractivity contribution in [2.24, 2.45) is 0 Å². The normalized spacial score (nSPS) is 11.2. The van der Waals surface area contributed by atoms with Crippen LogP contribution in [0.3, 0.4) is 0 Å². The maximum absolute atomic E-state index is 5.85. The first-order valence-electron chi connectivity index (χ1n) is 6.22. The Morgan fingerprint density at radius 1 is 1.19 bits per heavy atom. The number of halogens is 1. The van der Waals surface area contributed by atoms with Crippen LogP contribution < -0.4 is 0 Å².